The molecular weight excluding hydrogens is 407 g/mol. The highest BCUT2D eigenvalue weighted by molar-refractivity contribution is 5.68. The molecule has 0 bridgehead atoms. The average molecular weight is 435 g/mol. The molecule has 3 rings (SSSR count). The molecule has 1 aliphatic rings. The van der Waals surface area contributed by atoms with Gasteiger partial charge in [0.1, 0.15) is 0 Å². The van der Waals surface area contributed by atoms with Crippen LogP contribution in [0.5, 0.6) is 0 Å². The number of hydrogen-bond donors (Lipinski definition) is 1. The summed E-state index contributed by atoms with van der Waals surface area (Å²) in [5.41, 5.74) is 4.20. The molecule has 168 valence electrons. The Balaban J connectivity index is 1.44. The van der Waals surface area contributed by atoms with E-state index < -0.39 is 18.0 Å². The molecule has 0 fully saturated rings. The van der Waals surface area contributed by atoms with Gasteiger partial charge in [-0.1, -0.05) is 25.3 Å². The van der Waals surface area contributed by atoms with Crippen molar-refractivity contribution in [2.24, 2.45) is 0 Å². The van der Waals surface area contributed by atoms with Gasteiger partial charge in [0.2, 0.25) is 5.82 Å². The van der Waals surface area contributed by atoms with Crippen molar-refractivity contribution in [2.75, 3.05) is 0 Å². The predicted molar refractivity (Wildman–Crippen MR) is 110 cm³/mol. The van der Waals surface area contributed by atoms with Gasteiger partial charge in [-0.2, -0.15) is 13.2 Å². The van der Waals surface area contributed by atoms with E-state index >= 15 is 0 Å². The smallest absolute Gasteiger partial charge is 0.451 e. The number of pyridine rings is 1. The van der Waals surface area contributed by atoms with Gasteiger partial charge in [-0.05, 0) is 68.1 Å². The Kier molecular flexibility index (Phi) is 7.98. The largest absolute Gasteiger partial charge is 0.481 e. The van der Waals surface area contributed by atoms with Crippen molar-refractivity contribution in [2.45, 2.75) is 82.7 Å². The van der Waals surface area contributed by atoms with Crippen LogP contribution in [0.4, 0.5) is 13.2 Å². The fraction of sp³-hybridized carbons (Fsp3) is 0.565. The summed E-state index contributed by atoms with van der Waals surface area (Å²) >= 11 is 0. The number of carbonyl (C=O) groups is 1. The number of aliphatic carboxylic acids is 1. The molecule has 5 nitrogen and oxygen atoms in total. The second-order valence-corrected chi connectivity index (χ2v) is 8.20. The number of carboxylic acid groups (broad SMARTS) is 1. The van der Waals surface area contributed by atoms with Crippen molar-refractivity contribution in [1.82, 2.24) is 15.0 Å². The van der Waals surface area contributed by atoms with Gasteiger partial charge in [0.05, 0.1) is 6.42 Å². The first-order valence-electron chi connectivity index (χ1n) is 10.9. The van der Waals surface area contributed by atoms with E-state index in [1.54, 1.807) is 0 Å². The van der Waals surface area contributed by atoms with E-state index in [2.05, 4.69) is 22.1 Å². The maximum absolute atomic E-state index is 12.6. The van der Waals surface area contributed by atoms with E-state index in [-0.39, 0.29) is 12.3 Å². The average Bonchev–Trinajstić information content (AvgIpc) is 2.74. The molecule has 0 saturated heterocycles. The summed E-state index contributed by atoms with van der Waals surface area (Å²) < 4.78 is 37.9. The number of aryl methyl sites for hydroxylation is 3. The lowest BCUT2D eigenvalue weighted by atomic mass is 9.92. The topological polar surface area (TPSA) is 76.0 Å². The Morgan fingerprint density at radius 3 is 2.45 bits per heavy atom. The summed E-state index contributed by atoms with van der Waals surface area (Å²) in [6, 6.07) is 4.33. The van der Waals surface area contributed by atoms with Crippen LogP contribution in [-0.2, 0) is 30.2 Å². The molecule has 8 heteroatoms. The predicted octanol–water partition coefficient (Wildman–Crippen LogP) is 5.52. The number of unbranched alkanes of at least 4 members (excludes halogenated alkanes) is 3. The van der Waals surface area contributed by atoms with Crippen LogP contribution in [0.25, 0.3) is 0 Å². The molecule has 0 spiro atoms. The van der Waals surface area contributed by atoms with Crippen molar-refractivity contribution in [1.29, 1.82) is 0 Å². The fourth-order valence-corrected chi connectivity index (χ4v) is 4.11. The highest BCUT2D eigenvalue weighted by atomic mass is 19.4. The van der Waals surface area contributed by atoms with Crippen molar-refractivity contribution in [3.05, 3.63) is 52.9 Å². The Hall–Kier alpha value is -2.51. The second-order valence-electron chi connectivity index (χ2n) is 8.20. The second kappa shape index (κ2) is 10.7. The van der Waals surface area contributed by atoms with Gasteiger partial charge in [0, 0.05) is 23.8 Å². The van der Waals surface area contributed by atoms with Gasteiger partial charge >= 0.3 is 12.1 Å². The lowest BCUT2D eigenvalue weighted by molar-refractivity contribution is -0.145. The molecule has 2 aromatic rings. The van der Waals surface area contributed by atoms with Gasteiger partial charge < -0.3 is 5.11 Å². The summed E-state index contributed by atoms with van der Waals surface area (Å²) in [6.45, 7) is 0. The number of rotatable bonds is 10. The number of halogens is 3. The lowest BCUT2D eigenvalue weighted by Gasteiger charge is -2.16. The minimum Gasteiger partial charge on any atom is -0.481 e. The Morgan fingerprint density at radius 2 is 1.74 bits per heavy atom. The monoisotopic (exact) mass is 435 g/mol. The van der Waals surface area contributed by atoms with Crippen molar-refractivity contribution >= 4 is 5.97 Å². The molecule has 0 saturated carbocycles. The Bertz CT molecular complexity index is 869. The number of nitrogens with zero attached hydrogens (tertiary/aromatic N) is 3. The van der Waals surface area contributed by atoms with Crippen LogP contribution in [0, 0.1) is 0 Å². The summed E-state index contributed by atoms with van der Waals surface area (Å²) in [5, 5.41) is 9.15. The summed E-state index contributed by atoms with van der Waals surface area (Å²) in [7, 11) is 0. The van der Waals surface area contributed by atoms with Crippen LogP contribution >= 0.6 is 0 Å². The zero-order chi connectivity index (χ0) is 22.3. The number of fused-ring (bicyclic) bond motifs is 1. The van der Waals surface area contributed by atoms with Crippen LogP contribution in [0.1, 0.15) is 85.6 Å². The van der Waals surface area contributed by atoms with Gasteiger partial charge in [-0.15, -0.1) is 0 Å². The fourth-order valence-electron chi connectivity index (χ4n) is 4.11. The zero-order valence-corrected chi connectivity index (χ0v) is 17.5. The quantitative estimate of drug-likeness (QED) is 0.497. The highest BCUT2D eigenvalue weighted by Crippen LogP contribution is 2.29. The molecule has 2 heterocycles. The molecule has 2 aromatic heterocycles. The summed E-state index contributed by atoms with van der Waals surface area (Å²) in [5.74, 6) is -2.58. The van der Waals surface area contributed by atoms with Crippen LogP contribution < -0.4 is 0 Å². The molecule has 0 aliphatic heterocycles. The van der Waals surface area contributed by atoms with Crippen molar-refractivity contribution in [3.8, 4) is 0 Å². The summed E-state index contributed by atoms with van der Waals surface area (Å²) in [6.07, 6.45) is 7.38. The van der Waals surface area contributed by atoms with Crippen LogP contribution in [-0.4, -0.2) is 26.0 Å². The maximum Gasteiger partial charge on any atom is 0.451 e. The maximum atomic E-state index is 12.6. The number of hydrogen-bond acceptors (Lipinski definition) is 4. The molecule has 1 N–H and O–H groups in total. The van der Waals surface area contributed by atoms with E-state index in [0.29, 0.717) is 12.0 Å². The van der Waals surface area contributed by atoms with Crippen LogP contribution in [0.15, 0.2) is 24.5 Å². The van der Waals surface area contributed by atoms with Gasteiger partial charge in [0.25, 0.3) is 0 Å². The standard InChI is InChI=1S/C23H28F3N3O2/c24-23(25,26)22-27-14-18(15-28-22)17(13-21(30)31)8-3-1-2-4-9-19-12-11-16-7-5-6-10-20(16)29-19/h11-12,14-15,17H,1-10,13H2,(H,30,31). The van der Waals surface area contributed by atoms with E-state index in [1.165, 1.54) is 24.1 Å². The molecule has 0 radical (unpaired) electrons. The van der Waals surface area contributed by atoms with Crippen LogP contribution in [0.3, 0.4) is 0 Å². The summed E-state index contributed by atoms with van der Waals surface area (Å²) in [4.78, 5) is 22.7. The zero-order valence-electron chi connectivity index (χ0n) is 17.5. The van der Waals surface area contributed by atoms with Crippen molar-refractivity contribution in [3.63, 3.8) is 0 Å². The molecule has 1 aliphatic carbocycles. The highest BCUT2D eigenvalue weighted by Gasteiger charge is 2.34. The van der Waals surface area contributed by atoms with Gasteiger partial charge in [-0.3, -0.25) is 9.78 Å². The third-order valence-corrected chi connectivity index (χ3v) is 5.79. The molecule has 1 unspecified atom stereocenters. The third-order valence-electron chi connectivity index (χ3n) is 5.79. The first-order chi connectivity index (χ1) is 14.8. The van der Waals surface area contributed by atoms with E-state index in [9.17, 15) is 18.0 Å². The molecular formula is C23H28F3N3O2. The number of alkyl halides is 3. The normalized spacial score (nSPS) is 14.8. The molecule has 0 aromatic carbocycles. The first kappa shape index (κ1) is 23.2. The van der Waals surface area contributed by atoms with Gasteiger partial charge in [-0.25, -0.2) is 9.97 Å². The molecule has 1 atom stereocenters. The van der Waals surface area contributed by atoms with Crippen molar-refractivity contribution < 1.29 is 23.1 Å². The Labute approximate surface area is 180 Å². The third kappa shape index (κ3) is 7.01. The minimum atomic E-state index is -4.60. The van der Waals surface area contributed by atoms with Crippen LogP contribution in [0.2, 0.25) is 0 Å². The van der Waals surface area contributed by atoms with E-state index in [0.717, 1.165) is 63.0 Å². The van der Waals surface area contributed by atoms with E-state index in [1.807, 2.05) is 0 Å². The van der Waals surface area contributed by atoms with Gasteiger partial charge in [0.15, 0.2) is 0 Å². The first-order valence-corrected chi connectivity index (χ1v) is 10.9. The molecule has 31 heavy (non-hydrogen) atoms. The lowest BCUT2D eigenvalue weighted by Crippen LogP contribution is -2.13. The SMILES string of the molecule is O=C(O)CC(CCCCCCc1ccc2c(n1)CCCC2)c1cnc(C(F)(F)F)nc1. The number of aromatic nitrogens is 3. The number of carboxylic acids is 1. The molecule has 0 amide bonds. The van der Waals surface area contributed by atoms with E-state index in [4.69, 9.17) is 10.1 Å². The minimum absolute atomic E-state index is 0.145. The Morgan fingerprint density at radius 1 is 1.03 bits per heavy atom.